The van der Waals surface area contributed by atoms with Crippen LogP contribution in [0.4, 0.5) is 13.2 Å². The number of hydrogen-bond donors (Lipinski definition) is 2. The molecule has 138 valence electrons. The summed E-state index contributed by atoms with van der Waals surface area (Å²) in [7, 11) is 0. The summed E-state index contributed by atoms with van der Waals surface area (Å²) in [5, 5.41) is 5.74. The summed E-state index contributed by atoms with van der Waals surface area (Å²) in [6, 6.07) is 9.46. The lowest BCUT2D eigenvalue weighted by Crippen LogP contribution is -2.54. The van der Waals surface area contributed by atoms with Gasteiger partial charge in [-0.05, 0) is 37.9 Å². The number of nitrogens with zero attached hydrogens (tertiary/aromatic N) is 1. The highest BCUT2D eigenvalue weighted by Crippen LogP contribution is 2.46. The van der Waals surface area contributed by atoms with Crippen molar-refractivity contribution in [3.8, 4) is 0 Å². The van der Waals surface area contributed by atoms with Crippen LogP contribution < -0.4 is 10.6 Å². The lowest BCUT2D eigenvalue weighted by molar-refractivity contribution is -0.218. The Morgan fingerprint density at radius 1 is 1.32 bits per heavy atom. The van der Waals surface area contributed by atoms with E-state index in [1.54, 1.807) is 4.90 Å². The minimum Gasteiger partial charge on any atom is -0.354 e. The Morgan fingerprint density at radius 3 is 2.72 bits per heavy atom. The molecule has 1 amide bonds. The molecule has 2 fully saturated rings. The second-order valence-corrected chi connectivity index (χ2v) is 7.03. The third-order valence-corrected chi connectivity index (χ3v) is 5.25. The van der Waals surface area contributed by atoms with E-state index in [-0.39, 0.29) is 32.1 Å². The average Bonchev–Trinajstić information content (AvgIpc) is 3.23. The van der Waals surface area contributed by atoms with Crippen LogP contribution in [-0.4, -0.2) is 49.2 Å². The molecule has 0 saturated carbocycles. The number of carbonyl (C=O) groups is 1. The normalized spacial score (nSPS) is 27.6. The lowest BCUT2D eigenvalue weighted by atomic mass is 9.85. The summed E-state index contributed by atoms with van der Waals surface area (Å²) >= 11 is 0. The van der Waals surface area contributed by atoms with Crippen molar-refractivity contribution in [1.29, 1.82) is 0 Å². The zero-order valence-electron chi connectivity index (χ0n) is 14.1. The average molecular weight is 355 g/mol. The summed E-state index contributed by atoms with van der Waals surface area (Å²) in [4.78, 5) is 14.2. The standard InChI is InChI=1S/C18H24F3N3O/c19-18(20,21)17(16(25)23-11-15-7-4-9-22-15)8-10-24(13-17)12-14-5-2-1-3-6-14/h1-3,5-6,15,22H,4,7-13H2,(H,23,25). The molecule has 2 unspecified atom stereocenters. The molecule has 1 aromatic carbocycles. The van der Waals surface area contributed by atoms with Crippen LogP contribution in [0.15, 0.2) is 30.3 Å². The maximum atomic E-state index is 13.8. The Kier molecular flexibility index (Phi) is 5.34. The number of carbonyl (C=O) groups excluding carboxylic acids is 1. The molecule has 25 heavy (non-hydrogen) atoms. The molecule has 3 rings (SSSR count). The topological polar surface area (TPSA) is 44.4 Å². The van der Waals surface area contributed by atoms with Gasteiger partial charge in [-0.3, -0.25) is 9.69 Å². The summed E-state index contributed by atoms with van der Waals surface area (Å²) < 4.78 is 41.3. The molecule has 0 aliphatic carbocycles. The van der Waals surface area contributed by atoms with Crippen molar-refractivity contribution in [1.82, 2.24) is 15.5 Å². The number of alkyl halides is 3. The predicted molar refractivity (Wildman–Crippen MR) is 88.9 cm³/mol. The van der Waals surface area contributed by atoms with Crippen LogP contribution in [0.3, 0.4) is 0 Å². The summed E-state index contributed by atoms with van der Waals surface area (Å²) in [6.45, 7) is 1.53. The van der Waals surface area contributed by atoms with Crippen molar-refractivity contribution in [2.24, 2.45) is 5.41 Å². The fourth-order valence-corrected chi connectivity index (χ4v) is 3.73. The smallest absolute Gasteiger partial charge is 0.354 e. The molecular formula is C18H24F3N3O. The summed E-state index contributed by atoms with van der Waals surface area (Å²) in [5.74, 6) is -0.885. The number of hydrogen-bond acceptors (Lipinski definition) is 3. The molecule has 0 radical (unpaired) electrons. The highest BCUT2D eigenvalue weighted by molar-refractivity contribution is 5.84. The van der Waals surface area contributed by atoms with Gasteiger partial charge in [0.15, 0.2) is 5.41 Å². The van der Waals surface area contributed by atoms with E-state index in [0.29, 0.717) is 6.54 Å². The van der Waals surface area contributed by atoms with Crippen LogP contribution in [0.5, 0.6) is 0 Å². The van der Waals surface area contributed by atoms with E-state index in [1.807, 2.05) is 30.3 Å². The highest BCUT2D eigenvalue weighted by Gasteiger charge is 2.62. The van der Waals surface area contributed by atoms with Crippen LogP contribution in [-0.2, 0) is 11.3 Å². The van der Waals surface area contributed by atoms with E-state index in [4.69, 9.17) is 0 Å². The van der Waals surface area contributed by atoms with Gasteiger partial charge >= 0.3 is 6.18 Å². The molecule has 2 heterocycles. The van der Waals surface area contributed by atoms with Crippen LogP contribution in [0.2, 0.25) is 0 Å². The maximum Gasteiger partial charge on any atom is 0.404 e. The van der Waals surface area contributed by atoms with Gasteiger partial charge in [0.1, 0.15) is 0 Å². The minimum atomic E-state index is -4.55. The zero-order valence-corrected chi connectivity index (χ0v) is 14.1. The Morgan fingerprint density at radius 2 is 2.08 bits per heavy atom. The Hall–Kier alpha value is -1.60. The van der Waals surface area contributed by atoms with Gasteiger partial charge < -0.3 is 10.6 Å². The zero-order chi connectivity index (χ0) is 17.9. The molecule has 2 saturated heterocycles. The van der Waals surface area contributed by atoms with E-state index in [9.17, 15) is 18.0 Å². The second-order valence-electron chi connectivity index (χ2n) is 7.03. The predicted octanol–water partition coefficient (Wildman–Crippen LogP) is 2.31. The van der Waals surface area contributed by atoms with Gasteiger partial charge in [-0.15, -0.1) is 0 Å². The number of likely N-dealkylation sites (tertiary alicyclic amines) is 1. The van der Waals surface area contributed by atoms with Gasteiger partial charge in [-0.2, -0.15) is 13.2 Å². The molecule has 2 atom stereocenters. The molecule has 4 nitrogen and oxygen atoms in total. The number of rotatable bonds is 5. The van der Waals surface area contributed by atoms with Gasteiger partial charge in [0.05, 0.1) is 0 Å². The van der Waals surface area contributed by atoms with Gasteiger partial charge in [0, 0.05) is 25.7 Å². The van der Waals surface area contributed by atoms with Crippen molar-refractivity contribution in [3.63, 3.8) is 0 Å². The van der Waals surface area contributed by atoms with Gasteiger partial charge in [0.2, 0.25) is 5.91 Å². The van der Waals surface area contributed by atoms with Crippen LogP contribution in [0, 0.1) is 5.41 Å². The van der Waals surface area contributed by atoms with Crippen LogP contribution in [0.25, 0.3) is 0 Å². The quantitative estimate of drug-likeness (QED) is 0.852. The van der Waals surface area contributed by atoms with E-state index >= 15 is 0 Å². The van der Waals surface area contributed by atoms with Crippen molar-refractivity contribution in [2.75, 3.05) is 26.2 Å². The lowest BCUT2D eigenvalue weighted by Gasteiger charge is -2.31. The van der Waals surface area contributed by atoms with Crippen LogP contribution in [0.1, 0.15) is 24.8 Å². The second kappa shape index (κ2) is 7.33. The molecular weight excluding hydrogens is 331 g/mol. The first-order chi connectivity index (χ1) is 11.9. The molecule has 2 aliphatic rings. The third kappa shape index (κ3) is 3.98. The molecule has 0 bridgehead atoms. The van der Waals surface area contributed by atoms with E-state index in [1.165, 1.54) is 0 Å². The van der Waals surface area contributed by atoms with Gasteiger partial charge in [-0.1, -0.05) is 30.3 Å². The van der Waals surface area contributed by atoms with Crippen molar-refractivity contribution in [3.05, 3.63) is 35.9 Å². The fraction of sp³-hybridized carbons (Fsp3) is 0.611. The molecule has 0 aromatic heterocycles. The van der Waals surface area contributed by atoms with E-state index < -0.39 is 17.5 Å². The third-order valence-electron chi connectivity index (χ3n) is 5.25. The number of nitrogens with one attached hydrogen (secondary N) is 2. The number of benzene rings is 1. The van der Waals surface area contributed by atoms with Crippen molar-refractivity contribution >= 4 is 5.91 Å². The SMILES string of the molecule is O=C(NCC1CCCN1)C1(C(F)(F)F)CCN(Cc2ccccc2)C1. The van der Waals surface area contributed by atoms with E-state index in [0.717, 1.165) is 24.9 Å². The Bertz CT molecular complexity index is 587. The fourth-order valence-electron chi connectivity index (χ4n) is 3.73. The summed E-state index contributed by atoms with van der Waals surface area (Å²) in [6.07, 6.45) is -2.85. The first-order valence-corrected chi connectivity index (χ1v) is 8.75. The largest absolute Gasteiger partial charge is 0.404 e. The monoisotopic (exact) mass is 355 g/mol. The number of halogens is 3. The maximum absolute atomic E-state index is 13.8. The first-order valence-electron chi connectivity index (χ1n) is 8.75. The summed E-state index contributed by atoms with van der Waals surface area (Å²) in [5.41, 5.74) is -1.35. The molecule has 1 aromatic rings. The van der Waals surface area contributed by atoms with Crippen molar-refractivity contribution < 1.29 is 18.0 Å². The number of amides is 1. The first kappa shape index (κ1) is 18.2. The molecule has 0 spiro atoms. The molecule has 2 aliphatic heterocycles. The van der Waals surface area contributed by atoms with Gasteiger partial charge in [-0.25, -0.2) is 0 Å². The van der Waals surface area contributed by atoms with Crippen molar-refractivity contribution in [2.45, 2.75) is 38.0 Å². The minimum absolute atomic E-state index is 0.0797. The van der Waals surface area contributed by atoms with Crippen LogP contribution >= 0.6 is 0 Å². The highest BCUT2D eigenvalue weighted by atomic mass is 19.4. The Labute approximate surface area is 145 Å². The Balaban J connectivity index is 1.66. The van der Waals surface area contributed by atoms with E-state index in [2.05, 4.69) is 10.6 Å². The van der Waals surface area contributed by atoms with Gasteiger partial charge in [0.25, 0.3) is 0 Å². The molecule has 2 N–H and O–H groups in total. The molecule has 7 heteroatoms.